The van der Waals surface area contributed by atoms with E-state index in [4.69, 9.17) is 17.0 Å². The van der Waals surface area contributed by atoms with E-state index >= 15 is 0 Å². The van der Waals surface area contributed by atoms with Crippen LogP contribution in [0.3, 0.4) is 0 Å². The lowest BCUT2D eigenvalue weighted by Gasteiger charge is -2.02. The first-order chi connectivity index (χ1) is 16.2. The van der Waals surface area contributed by atoms with Crippen molar-refractivity contribution in [2.24, 2.45) is 0 Å². The molecule has 3 aromatic heterocycles. The van der Waals surface area contributed by atoms with Gasteiger partial charge in [-0.05, 0) is 27.7 Å². The molecule has 2 N–H and O–H groups in total. The summed E-state index contributed by atoms with van der Waals surface area (Å²) in [5.41, 5.74) is 6.97. The number of ether oxygens (including phenoxy) is 2. The van der Waals surface area contributed by atoms with Crippen LogP contribution in [0.2, 0.25) is 0 Å². The fourth-order valence-electron chi connectivity index (χ4n) is 2.29. The maximum atomic E-state index is 11.7. The van der Waals surface area contributed by atoms with Gasteiger partial charge in [0, 0.05) is 5.56 Å². The zero-order valence-corrected chi connectivity index (χ0v) is 20.1. The standard InChI is InChI=1S/C10H12N4O2S.C5H7N3O.C5H7NO2/c1-3-16-10(15)7-6(2)9(17-8(7)11)14-12-4-5-13-14;1-5(9)4-8-6-2-3-7-8;1-3-8-5(7)4-6-2/h4-5H,3,11H2,1-2H3;2-3H,4H2,1H3;3-4H2,1H3. The van der Waals surface area contributed by atoms with Crippen LogP contribution in [0.5, 0.6) is 0 Å². The number of thiophene rings is 1. The largest absolute Gasteiger partial charge is 0.462 e. The summed E-state index contributed by atoms with van der Waals surface area (Å²) in [5.74, 6) is -0.786. The highest BCUT2D eigenvalue weighted by atomic mass is 32.1. The number of carbonyl (C=O) groups excluding carboxylic acids is 3. The number of anilines is 1. The number of carbonyl (C=O) groups is 3. The van der Waals surface area contributed by atoms with Gasteiger partial charge in [0.15, 0.2) is 5.78 Å². The van der Waals surface area contributed by atoms with E-state index in [1.54, 1.807) is 45.6 Å². The second kappa shape index (κ2) is 14.9. The van der Waals surface area contributed by atoms with Crippen molar-refractivity contribution >= 4 is 34.1 Å². The summed E-state index contributed by atoms with van der Waals surface area (Å²) in [5, 5.41) is 16.7. The highest BCUT2D eigenvalue weighted by Gasteiger charge is 2.22. The lowest BCUT2D eigenvalue weighted by molar-refractivity contribution is -0.140. The fourth-order valence-corrected chi connectivity index (χ4v) is 3.27. The zero-order valence-electron chi connectivity index (χ0n) is 19.3. The topological polar surface area (TPSA) is 161 Å². The molecule has 13 nitrogen and oxygen atoms in total. The first-order valence-corrected chi connectivity index (χ1v) is 10.8. The van der Waals surface area contributed by atoms with Gasteiger partial charge in [0.2, 0.25) is 0 Å². The van der Waals surface area contributed by atoms with E-state index in [1.165, 1.54) is 27.9 Å². The Labute approximate surface area is 200 Å². The number of nitrogens with zero attached hydrogens (tertiary/aromatic N) is 7. The van der Waals surface area contributed by atoms with Crippen molar-refractivity contribution in [1.29, 1.82) is 0 Å². The molecule has 0 spiro atoms. The molecule has 0 amide bonds. The summed E-state index contributed by atoms with van der Waals surface area (Å²) >= 11 is 1.27. The minimum atomic E-state index is -0.442. The fraction of sp³-hybridized carbons (Fsp3) is 0.400. The number of esters is 2. The Bertz CT molecular complexity index is 1090. The molecule has 0 unspecified atom stereocenters. The van der Waals surface area contributed by atoms with E-state index in [9.17, 15) is 14.4 Å². The van der Waals surface area contributed by atoms with Crippen molar-refractivity contribution in [3.05, 3.63) is 47.3 Å². The molecule has 0 saturated heterocycles. The average molecular weight is 491 g/mol. The van der Waals surface area contributed by atoms with Crippen LogP contribution in [0.15, 0.2) is 24.8 Å². The van der Waals surface area contributed by atoms with Crippen LogP contribution in [0, 0.1) is 13.5 Å². The molecule has 0 radical (unpaired) electrons. The summed E-state index contributed by atoms with van der Waals surface area (Å²) in [7, 11) is 0. The SMILES string of the molecule is CC(=O)Cn1nccn1.CCOC(=O)c1c(N)sc(-n2nccn2)c1C.[C-]#[N+]CC(=O)OCC. The quantitative estimate of drug-likeness (QED) is 0.381. The van der Waals surface area contributed by atoms with E-state index in [1.807, 2.05) is 0 Å². The third-order valence-electron chi connectivity index (χ3n) is 3.57. The average Bonchev–Trinajstić information content (AvgIpc) is 3.52. The number of aromatic nitrogens is 6. The van der Waals surface area contributed by atoms with Crippen molar-refractivity contribution in [2.45, 2.75) is 34.2 Å². The van der Waals surface area contributed by atoms with E-state index in [0.29, 0.717) is 23.8 Å². The molecule has 3 rings (SSSR count). The highest BCUT2D eigenvalue weighted by Crippen LogP contribution is 2.33. The molecule has 0 aliphatic rings. The summed E-state index contributed by atoms with van der Waals surface area (Å²) in [6.45, 7) is 13.8. The normalized spacial score (nSPS) is 9.50. The number of nitrogen functional groups attached to an aromatic ring is 1. The van der Waals surface area contributed by atoms with Crippen molar-refractivity contribution in [1.82, 2.24) is 30.0 Å². The number of Topliss-reactive ketones (excluding diaryl/α,β-unsaturated/α-hetero) is 1. The Balaban J connectivity index is 0.000000287. The summed E-state index contributed by atoms with van der Waals surface area (Å²) in [4.78, 5) is 38.0. The molecule has 3 heterocycles. The number of ketones is 1. The van der Waals surface area contributed by atoms with Crippen LogP contribution in [0.4, 0.5) is 5.00 Å². The molecular weight excluding hydrogens is 464 g/mol. The Kier molecular flexibility index (Phi) is 12.2. The van der Waals surface area contributed by atoms with E-state index in [0.717, 1.165) is 10.6 Å². The minimum Gasteiger partial charge on any atom is -0.462 e. The Morgan fingerprint density at radius 2 is 1.62 bits per heavy atom. The predicted octanol–water partition coefficient (Wildman–Crippen LogP) is 1.73. The van der Waals surface area contributed by atoms with Crippen molar-refractivity contribution in [3.63, 3.8) is 0 Å². The van der Waals surface area contributed by atoms with Gasteiger partial charge in [-0.25, -0.2) is 16.2 Å². The highest BCUT2D eigenvalue weighted by molar-refractivity contribution is 7.19. The first-order valence-electron chi connectivity index (χ1n) is 10.00. The van der Waals surface area contributed by atoms with Gasteiger partial charge in [-0.15, -0.1) is 4.80 Å². The molecular formula is C20H26N8O5S. The van der Waals surface area contributed by atoms with Gasteiger partial charge in [-0.3, -0.25) is 4.79 Å². The van der Waals surface area contributed by atoms with Gasteiger partial charge in [0.05, 0.1) is 43.6 Å². The molecule has 14 heteroatoms. The van der Waals surface area contributed by atoms with Gasteiger partial charge >= 0.3 is 18.5 Å². The molecule has 182 valence electrons. The maximum absolute atomic E-state index is 11.7. The third kappa shape index (κ3) is 9.17. The molecule has 3 aromatic rings. The Hall–Kier alpha value is -4.12. The van der Waals surface area contributed by atoms with Gasteiger partial charge in [0.25, 0.3) is 0 Å². The molecule has 0 aliphatic carbocycles. The van der Waals surface area contributed by atoms with Gasteiger partial charge in [-0.1, -0.05) is 11.3 Å². The summed E-state index contributed by atoms with van der Waals surface area (Å²) in [6, 6.07) is 0. The monoisotopic (exact) mass is 490 g/mol. The molecule has 34 heavy (non-hydrogen) atoms. The van der Waals surface area contributed by atoms with Crippen LogP contribution >= 0.6 is 11.3 Å². The van der Waals surface area contributed by atoms with Crippen molar-refractivity contribution < 1.29 is 23.9 Å². The second-order valence-electron chi connectivity index (χ2n) is 6.19. The summed E-state index contributed by atoms with van der Waals surface area (Å²) < 4.78 is 9.39. The first kappa shape index (κ1) is 27.9. The van der Waals surface area contributed by atoms with E-state index < -0.39 is 11.9 Å². The lowest BCUT2D eigenvalue weighted by atomic mass is 10.2. The maximum Gasteiger partial charge on any atom is 0.387 e. The van der Waals surface area contributed by atoms with Gasteiger partial charge in [0.1, 0.15) is 16.5 Å². The molecule has 0 aliphatic heterocycles. The van der Waals surface area contributed by atoms with Gasteiger partial charge in [-0.2, -0.15) is 25.2 Å². The minimum absolute atomic E-state index is 0.0613. The lowest BCUT2D eigenvalue weighted by Crippen LogP contribution is -2.08. The molecule has 0 fully saturated rings. The predicted molar refractivity (Wildman–Crippen MR) is 123 cm³/mol. The smallest absolute Gasteiger partial charge is 0.387 e. The number of rotatable bonds is 7. The third-order valence-corrected chi connectivity index (χ3v) is 4.66. The number of nitrogens with two attached hydrogens (primary N) is 1. The van der Waals surface area contributed by atoms with E-state index in [2.05, 4.69) is 30.0 Å². The Morgan fingerprint density at radius 1 is 1.06 bits per heavy atom. The van der Waals surface area contributed by atoms with Crippen LogP contribution < -0.4 is 5.73 Å². The van der Waals surface area contributed by atoms with Crippen LogP contribution in [0.1, 0.15) is 36.7 Å². The number of hydrogen-bond acceptors (Lipinski definition) is 11. The molecule has 0 saturated carbocycles. The van der Waals surface area contributed by atoms with E-state index in [-0.39, 0.29) is 18.9 Å². The molecule has 0 aromatic carbocycles. The van der Waals surface area contributed by atoms with Crippen LogP contribution in [-0.2, 0) is 25.6 Å². The molecule has 0 bridgehead atoms. The number of hydrogen-bond donors (Lipinski definition) is 1. The second-order valence-corrected chi connectivity index (χ2v) is 7.22. The van der Waals surface area contributed by atoms with Gasteiger partial charge < -0.3 is 20.1 Å². The zero-order chi connectivity index (χ0) is 25.5. The Morgan fingerprint density at radius 3 is 2.12 bits per heavy atom. The molecule has 0 atom stereocenters. The summed E-state index contributed by atoms with van der Waals surface area (Å²) in [6.07, 6.45) is 6.23. The van der Waals surface area contributed by atoms with Crippen LogP contribution in [0.25, 0.3) is 9.85 Å². The van der Waals surface area contributed by atoms with Crippen molar-refractivity contribution in [3.8, 4) is 5.00 Å². The van der Waals surface area contributed by atoms with Crippen LogP contribution in [-0.4, -0.2) is 67.5 Å². The van der Waals surface area contributed by atoms with Crippen molar-refractivity contribution in [2.75, 3.05) is 25.5 Å².